The Morgan fingerprint density at radius 2 is 1.19 bits per heavy atom. The Hall–Kier alpha value is -10.6. The zero-order valence-corrected chi connectivity index (χ0v) is 60.3. The normalized spacial score (nSPS) is 21.7. The van der Waals surface area contributed by atoms with Gasteiger partial charge in [0.2, 0.25) is 47.1 Å². The number of aromatic hydroxyl groups is 6. The molecule has 564 valence electrons. The van der Waals surface area contributed by atoms with Crippen LogP contribution >= 0.6 is 23.2 Å². The van der Waals surface area contributed by atoms with E-state index in [1.807, 2.05) is 0 Å². The summed E-state index contributed by atoms with van der Waals surface area (Å²) in [4.78, 5) is 110. The standard InChI is InChI=1S/C78H86Cl2N10O17/c1-3-4-5-6-7-8-9-11-23-82-38-50-56(94)37-49-62(70(50)96)48-31-42(17-19-54(48)92)64-75(101)89-68(78(104)88-67(49)74(100)83-24-13-26-90-25-12-10-14-39(90)2)69(95)43-18-22-58(52(80)32-43)107-61-35-45-34-60(71(61)97)106-57-21-15-40(27-51(57)79)28-53-72(98)85-65(76(102)87-66(45)77(103)86-64)44-29-46(91)36-47(30-44)105-59-33-41(16-20-55(59)93)63(81)73(99)84-53/h15-22,27,29-37,39,53,63-69,82,91-97H,3-14,23-26,28,38,81H2,1-2H3,(H,83,100)(H,84,99)(H,85,98)(H,86,103)(H,87,102)(H,88,104)(H,89,101)/t39?,53-,63+,64-,65-,66-,67-,68-,69?/m0/s1. The number of halogens is 2. The average molecular weight is 1510 g/mol. The van der Waals surface area contributed by atoms with Crippen molar-refractivity contribution in [3.8, 4) is 80.1 Å². The Kier molecular flexibility index (Phi) is 23.8. The number of ether oxygens (including phenoxy) is 3. The van der Waals surface area contributed by atoms with Crippen LogP contribution in [-0.4, -0.2) is 126 Å². The number of fused-ring (bicyclic) bond motifs is 14. The van der Waals surface area contributed by atoms with Crippen LogP contribution in [0.5, 0.6) is 69.0 Å². The highest BCUT2D eigenvalue weighted by atomic mass is 35.5. The summed E-state index contributed by atoms with van der Waals surface area (Å²) in [7, 11) is 0. The van der Waals surface area contributed by atoms with Crippen molar-refractivity contribution in [1.29, 1.82) is 0 Å². The van der Waals surface area contributed by atoms with Gasteiger partial charge in [0.1, 0.15) is 88.6 Å². The number of carbonyl (C=O) groups excluding carboxylic acids is 7. The van der Waals surface area contributed by atoms with Crippen LogP contribution in [0.1, 0.15) is 172 Å². The fraction of sp³-hybridized carbons (Fsp3) is 0.372. The summed E-state index contributed by atoms with van der Waals surface area (Å²) in [6, 6.07) is 9.28. The molecule has 9 atom stereocenters. The first-order valence-electron chi connectivity index (χ1n) is 36.0. The number of nitrogens with one attached hydrogen (secondary N) is 8. The minimum atomic E-state index is -2.16. The summed E-state index contributed by atoms with van der Waals surface area (Å²) in [5.41, 5.74) is 5.18. The predicted molar refractivity (Wildman–Crippen MR) is 394 cm³/mol. The number of hydrogen-bond donors (Lipinski definition) is 16. The Morgan fingerprint density at radius 1 is 0.561 bits per heavy atom. The van der Waals surface area contributed by atoms with Crippen LogP contribution in [0.25, 0.3) is 11.1 Å². The lowest BCUT2D eigenvalue weighted by molar-refractivity contribution is -0.137. The second kappa shape index (κ2) is 33.5. The number of benzene rings is 7. The Morgan fingerprint density at radius 3 is 1.89 bits per heavy atom. The number of phenols is 6. The largest absolute Gasteiger partial charge is 0.508 e. The highest BCUT2D eigenvalue weighted by Crippen LogP contribution is 2.49. The summed E-state index contributed by atoms with van der Waals surface area (Å²) in [5, 5.41) is 106. The molecule has 0 aromatic heterocycles. The van der Waals surface area contributed by atoms with Gasteiger partial charge in [-0.2, -0.15) is 0 Å². The lowest BCUT2D eigenvalue weighted by Gasteiger charge is -2.33. The van der Waals surface area contributed by atoms with Crippen LogP contribution in [0.4, 0.5) is 0 Å². The third-order valence-electron chi connectivity index (χ3n) is 20.1. The fourth-order valence-corrected chi connectivity index (χ4v) is 14.6. The number of hydrogen-bond acceptors (Lipinski definition) is 20. The van der Waals surface area contributed by atoms with Crippen molar-refractivity contribution in [1.82, 2.24) is 47.4 Å². The van der Waals surface area contributed by atoms with Crippen LogP contribution in [0.15, 0.2) is 109 Å². The van der Waals surface area contributed by atoms with E-state index in [4.69, 9.17) is 43.1 Å². The molecule has 7 amide bonds. The van der Waals surface area contributed by atoms with Crippen LogP contribution in [0.2, 0.25) is 10.0 Å². The number of piperidine rings is 1. The van der Waals surface area contributed by atoms with Crippen molar-refractivity contribution in [3.63, 3.8) is 0 Å². The number of phenolic OH excluding ortho intramolecular Hbond substituents is 6. The van der Waals surface area contributed by atoms with E-state index in [2.05, 4.69) is 61.3 Å². The molecule has 1 saturated heterocycles. The highest BCUT2D eigenvalue weighted by molar-refractivity contribution is 6.32. The van der Waals surface area contributed by atoms with Gasteiger partial charge in [-0.3, -0.25) is 33.6 Å². The van der Waals surface area contributed by atoms with E-state index < -0.39 is 136 Å². The van der Waals surface area contributed by atoms with Crippen molar-refractivity contribution >= 4 is 64.6 Å². The number of nitrogens with zero attached hydrogens (tertiary/aromatic N) is 1. The number of unbranched alkanes of at least 4 members (excludes halogenated alkanes) is 7. The van der Waals surface area contributed by atoms with E-state index >= 15 is 28.8 Å². The van der Waals surface area contributed by atoms with Crippen molar-refractivity contribution in [2.75, 3.05) is 26.2 Å². The number of carbonyl (C=O) groups is 7. The summed E-state index contributed by atoms with van der Waals surface area (Å²) in [6.07, 6.45) is 9.46. The molecule has 0 saturated carbocycles. The van der Waals surface area contributed by atoms with Gasteiger partial charge >= 0.3 is 0 Å². The van der Waals surface area contributed by atoms with Crippen molar-refractivity contribution in [3.05, 3.63) is 164 Å². The van der Waals surface area contributed by atoms with Gasteiger partial charge in [0.15, 0.2) is 23.0 Å². The van der Waals surface area contributed by atoms with Crippen LogP contribution in [0, 0.1) is 0 Å². The minimum absolute atomic E-state index is 0.0775. The van der Waals surface area contributed by atoms with Gasteiger partial charge < -0.3 is 103 Å². The first-order chi connectivity index (χ1) is 51.4. The van der Waals surface area contributed by atoms with Crippen molar-refractivity contribution in [2.45, 2.75) is 158 Å². The lowest BCUT2D eigenvalue weighted by atomic mass is 9.87. The maximum absolute atomic E-state index is 16.2. The molecule has 7 aliphatic heterocycles. The quantitative estimate of drug-likeness (QED) is 0.0400. The number of likely N-dealkylation sites (tertiary alicyclic amines) is 1. The SMILES string of the molecule is CCCCCCCCCCNCc1c(O)cc2c(c1O)-c1cc(ccc1O)[C@@H]1NC(=O)[C@H]3NC(=O)[C@H]4NC(=O)[C@H](Cc5ccc(c(Cl)c5)Oc5cc3cc(c5O)Oc3ccc(cc3Cl)C(O)[C@H](NC1=O)C(=O)N[C@@H]2C(=O)NCCCN1CCCCC1C)NC(=O)[C@H](N)c1ccc(O)c(c1)Oc1cc(O)cc4c1. The smallest absolute Gasteiger partial charge is 0.248 e. The first-order valence-corrected chi connectivity index (χ1v) is 36.7. The van der Waals surface area contributed by atoms with E-state index in [0.29, 0.717) is 31.1 Å². The third kappa shape index (κ3) is 17.3. The van der Waals surface area contributed by atoms with E-state index in [1.165, 1.54) is 85.3 Å². The zero-order chi connectivity index (χ0) is 75.9. The lowest BCUT2D eigenvalue weighted by Crippen LogP contribution is -2.56. The fourth-order valence-electron chi connectivity index (χ4n) is 14.2. The van der Waals surface area contributed by atoms with Crippen LogP contribution < -0.4 is 62.5 Å². The summed E-state index contributed by atoms with van der Waals surface area (Å²) >= 11 is 14.0. The van der Waals surface area contributed by atoms with Gasteiger partial charge in [-0.05, 0) is 164 Å². The second-order valence-corrected chi connectivity index (χ2v) is 28.5. The molecule has 107 heavy (non-hydrogen) atoms. The molecule has 0 spiro atoms. The molecule has 14 rings (SSSR count). The molecule has 17 N–H and O–H groups in total. The number of aliphatic hydroxyl groups is 1. The molecular weight excluding hydrogens is 1420 g/mol. The zero-order valence-electron chi connectivity index (χ0n) is 58.8. The Bertz CT molecular complexity index is 4580. The van der Waals surface area contributed by atoms with Gasteiger partial charge in [0, 0.05) is 49.3 Å². The molecular formula is C78H86Cl2N10O17. The minimum Gasteiger partial charge on any atom is -0.508 e. The maximum atomic E-state index is 16.2. The molecule has 17 bridgehead atoms. The summed E-state index contributed by atoms with van der Waals surface area (Å²) < 4.78 is 18.8. The van der Waals surface area contributed by atoms with Crippen LogP contribution in [0.3, 0.4) is 0 Å². The van der Waals surface area contributed by atoms with Gasteiger partial charge in [0.05, 0.1) is 15.6 Å². The molecule has 7 heterocycles. The maximum Gasteiger partial charge on any atom is 0.248 e. The topological polar surface area (TPSA) is 414 Å². The highest BCUT2D eigenvalue weighted by Gasteiger charge is 2.42. The number of aliphatic hydroxyl groups excluding tert-OH is 1. The van der Waals surface area contributed by atoms with E-state index in [0.717, 1.165) is 101 Å². The van der Waals surface area contributed by atoms with E-state index in [9.17, 15) is 40.5 Å². The second-order valence-electron chi connectivity index (χ2n) is 27.7. The monoisotopic (exact) mass is 1500 g/mol. The number of amides is 7. The first kappa shape index (κ1) is 76.1. The third-order valence-corrected chi connectivity index (χ3v) is 20.7. The molecule has 7 aromatic rings. The van der Waals surface area contributed by atoms with Crippen molar-refractivity contribution < 1.29 is 83.5 Å². The Balaban J connectivity index is 1.02. The molecule has 29 heteroatoms. The average Bonchev–Trinajstić information content (AvgIpc) is 0.758. The molecule has 2 unspecified atom stereocenters. The van der Waals surface area contributed by atoms with Crippen molar-refractivity contribution in [2.24, 2.45) is 5.73 Å². The summed E-state index contributed by atoms with van der Waals surface area (Å²) in [5.74, 6) is -13.1. The molecule has 0 radical (unpaired) electrons. The van der Waals surface area contributed by atoms with E-state index in [-0.39, 0.29) is 103 Å². The molecule has 1 fully saturated rings. The van der Waals surface area contributed by atoms with Gasteiger partial charge in [-0.25, -0.2) is 0 Å². The predicted octanol–water partition coefficient (Wildman–Crippen LogP) is 9.51. The number of rotatable bonds is 16. The molecule has 7 aromatic carbocycles. The summed E-state index contributed by atoms with van der Waals surface area (Å²) in [6.45, 7) is 6.18. The molecule has 27 nitrogen and oxygen atoms in total. The Labute approximate surface area is 626 Å². The molecule has 7 aliphatic rings. The van der Waals surface area contributed by atoms with Crippen LogP contribution in [-0.2, 0) is 46.5 Å². The number of nitrogens with two attached hydrogens (primary N) is 1. The van der Waals surface area contributed by atoms with Gasteiger partial charge in [0.25, 0.3) is 0 Å². The van der Waals surface area contributed by atoms with E-state index in [1.54, 1.807) is 0 Å². The van der Waals surface area contributed by atoms with Gasteiger partial charge in [-0.1, -0.05) is 106 Å². The van der Waals surface area contributed by atoms with Gasteiger partial charge in [-0.15, -0.1) is 0 Å². The molecule has 0 aliphatic carbocycles.